The van der Waals surface area contributed by atoms with Crippen LogP contribution in [-0.2, 0) is 4.74 Å². The first-order chi connectivity index (χ1) is 9.10. The highest BCUT2D eigenvalue weighted by Gasteiger charge is 2.13. The molecule has 2 N–H and O–H groups in total. The molecular weight excluding hydrogens is 246 g/mol. The van der Waals surface area contributed by atoms with Crippen LogP contribution >= 0.6 is 0 Å². The van der Waals surface area contributed by atoms with Crippen LogP contribution in [0, 0.1) is 6.92 Å². The van der Waals surface area contributed by atoms with Gasteiger partial charge >= 0.3 is 0 Å². The molecule has 0 saturated heterocycles. The summed E-state index contributed by atoms with van der Waals surface area (Å²) < 4.78 is 10.2. The summed E-state index contributed by atoms with van der Waals surface area (Å²) in [6.07, 6.45) is -0.722. The fourth-order valence-corrected chi connectivity index (χ4v) is 1.82. The molecule has 0 aliphatic heterocycles. The van der Waals surface area contributed by atoms with Crippen molar-refractivity contribution in [1.29, 1.82) is 0 Å². The maximum atomic E-state index is 11.9. The van der Waals surface area contributed by atoms with Gasteiger partial charge in [-0.05, 0) is 25.1 Å². The van der Waals surface area contributed by atoms with Crippen LogP contribution in [0.3, 0.4) is 0 Å². The van der Waals surface area contributed by atoms with Crippen LogP contribution in [-0.4, -0.2) is 37.4 Å². The zero-order chi connectivity index (χ0) is 13.8. The molecule has 2 aromatic rings. The molecule has 0 saturated carbocycles. The lowest BCUT2D eigenvalue weighted by molar-refractivity contribution is 0.0604. The Balaban J connectivity index is 2.05. The molecule has 0 bridgehead atoms. The standard InChI is InChI=1S/C14H17NO4/c1-9-3-4-12-10(5-9)6-13(19-12)14(17)15-7-11(16)8-18-2/h3-6,11,16H,7-8H2,1-2H3,(H,15,17). The second kappa shape index (κ2) is 5.86. The number of methoxy groups -OCH3 is 1. The maximum absolute atomic E-state index is 11.9. The van der Waals surface area contributed by atoms with Crippen molar-refractivity contribution in [3.8, 4) is 0 Å². The van der Waals surface area contributed by atoms with Gasteiger partial charge in [0.05, 0.1) is 12.7 Å². The molecule has 1 atom stereocenters. The summed E-state index contributed by atoms with van der Waals surface area (Å²) in [4.78, 5) is 11.9. The summed E-state index contributed by atoms with van der Waals surface area (Å²) >= 11 is 0. The first kappa shape index (κ1) is 13.6. The molecule has 1 heterocycles. The fourth-order valence-electron chi connectivity index (χ4n) is 1.82. The molecule has 0 spiro atoms. The number of hydrogen-bond donors (Lipinski definition) is 2. The summed E-state index contributed by atoms with van der Waals surface area (Å²) in [5.74, 6) is -0.103. The van der Waals surface area contributed by atoms with Crippen LogP contribution in [0.25, 0.3) is 11.0 Å². The molecule has 5 nitrogen and oxygen atoms in total. The van der Waals surface area contributed by atoms with Gasteiger partial charge in [0.1, 0.15) is 5.58 Å². The van der Waals surface area contributed by atoms with Crippen LogP contribution in [0.15, 0.2) is 28.7 Å². The number of furan rings is 1. The van der Waals surface area contributed by atoms with Crippen LogP contribution < -0.4 is 5.32 Å². The van der Waals surface area contributed by atoms with E-state index in [0.717, 1.165) is 10.9 Å². The minimum atomic E-state index is -0.722. The second-order valence-electron chi connectivity index (χ2n) is 4.47. The smallest absolute Gasteiger partial charge is 0.287 e. The second-order valence-corrected chi connectivity index (χ2v) is 4.47. The van der Waals surface area contributed by atoms with Gasteiger partial charge in [-0.3, -0.25) is 4.79 Å². The predicted octanol–water partition coefficient (Wildman–Crippen LogP) is 1.48. The van der Waals surface area contributed by atoms with Crippen molar-refractivity contribution in [2.75, 3.05) is 20.3 Å². The number of nitrogens with one attached hydrogen (secondary N) is 1. The highest BCUT2D eigenvalue weighted by Crippen LogP contribution is 2.20. The zero-order valence-corrected chi connectivity index (χ0v) is 11.0. The van der Waals surface area contributed by atoms with Crippen LogP contribution in [0.5, 0.6) is 0 Å². The first-order valence-electron chi connectivity index (χ1n) is 6.05. The van der Waals surface area contributed by atoms with Gasteiger partial charge in [-0.2, -0.15) is 0 Å². The number of aliphatic hydroxyl groups is 1. The van der Waals surface area contributed by atoms with Crippen molar-refractivity contribution in [2.24, 2.45) is 0 Å². The minimum Gasteiger partial charge on any atom is -0.451 e. The summed E-state index contributed by atoms with van der Waals surface area (Å²) in [7, 11) is 1.49. The molecular formula is C14H17NO4. The van der Waals surface area contributed by atoms with E-state index in [-0.39, 0.29) is 24.8 Å². The van der Waals surface area contributed by atoms with Gasteiger partial charge in [0.15, 0.2) is 5.76 Å². The number of aliphatic hydroxyl groups excluding tert-OH is 1. The van der Waals surface area contributed by atoms with Crippen LogP contribution in [0.4, 0.5) is 0 Å². The van der Waals surface area contributed by atoms with E-state index in [2.05, 4.69) is 5.32 Å². The van der Waals surface area contributed by atoms with E-state index in [0.29, 0.717) is 5.58 Å². The Morgan fingerprint density at radius 1 is 1.47 bits per heavy atom. The quantitative estimate of drug-likeness (QED) is 0.857. The fraction of sp³-hybridized carbons (Fsp3) is 0.357. The normalized spacial score (nSPS) is 12.6. The SMILES string of the molecule is COCC(O)CNC(=O)c1cc2cc(C)ccc2o1. The maximum Gasteiger partial charge on any atom is 0.287 e. The highest BCUT2D eigenvalue weighted by atomic mass is 16.5. The van der Waals surface area contributed by atoms with Gasteiger partial charge in [0, 0.05) is 19.0 Å². The Kier molecular flexibility index (Phi) is 4.19. The number of fused-ring (bicyclic) bond motifs is 1. The van der Waals surface area contributed by atoms with Crippen molar-refractivity contribution in [2.45, 2.75) is 13.0 Å². The van der Waals surface area contributed by atoms with Crippen molar-refractivity contribution < 1.29 is 19.1 Å². The van der Waals surface area contributed by atoms with E-state index in [1.54, 1.807) is 6.07 Å². The molecule has 0 radical (unpaired) electrons. The average Bonchev–Trinajstić information content (AvgIpc) is 2.79. The van der Waals surface area contributed by atoms with Crippen molar-refractivity contribution in [1.82, 2.24) is 5.32 Å². The van der Waals surface area contributed by atoms with Crippen LogP contribution in [0.2, 0.25) is 0 Å². The third kappa shape index (κ3) is 3.33. The Morgan fingerprint density at radius 2 is 2.26 bits per heavy atom. The lowest BCUT2D eigenvalue weighted by Crippen LogP contribution is -2.34. The van der Waals surface area contributed by atoms with E-state index in [9.17, 15) is 9.90 Å². The zero-order valence-electron chi connectivity index (χ0n) is 11.0. The number of carbonyl (C=O) groups excluding carboxylic acids is 1. The number of rotatable bonds is 5. The summed E-state index contributed by atoms with van der Waals surface area (Å²) in [5.41, 5.74) is 1.78. The molecule has 0 fully saturated rings. The number of ether oxygens (including phenoxy) is 1. The molecule has 5 heteroatoms. The minimum absolute atomic E-state index is 0.128. The Bertz CT molecular complexity index is 576. The number of aryl methyl sites for hydroxylation is 1. The number of hydrogen-bond acceptors (Lipinski definition) is 4. The first-order valence-corrected chi connectivity index (χ1v) is 6.05. The number of amides is 1. The van der Waals surface area contributed by atoms with Gasteiger partial charge in [0.2, 0.25) is 0 Å². The lowest BCUT2D eigenvalue weighted by atomic mass is 10.2. The van der Waals surface area contributed by atoms with E-state index >= 15 is 0 Å². The van der Waals surface area contributed by atoms with E-state index in [4.69, 9.17) is 9.15 Å². The van der Waals surface area contributed by atoms with E-state index in [1.807, 2.05) is 25.1 Å². The van der Waals surface area contributed by atoms with Gasteiger partial charge in [-0.15, -0.1) is 0 Å². The number of benzene rings is 1. The number of carbonyl (C=O) groups is 1. The van der Waals surface area contributed by atoms with Gasteiger partial charge in [-0.25, -0.2) is 0 Å². The van der Waals surface area contributed by atoms with Crippen LogP contribution in [0.1, 0.15) is 16.1 Å². The molecule has 0 aliphatic carbocycles. The Labute approximate surface area is 111 Å². The lowest BCUT2D eigenvalue weighted by Gasteiger charge is -2.09. The monoisotopic (exact) mass is 263 g/mol. The third-order valence-electron chi connectivity index (χ3n) is 2.75. The largest absolute Gasteiger partial charge is 0.451 e. The van der Waals surface area contributed by atoms with E-state index < -0.39 is 6.10 Å². The summed E-state index contributed by atoms with van der Waals surface area (Å²) in [6.45, 7) is 2.29. The van der Waals surface area contributed by atoms with Gasteiger partial charge in [0.25, 0.3) is 5.91 Å². The highest BCUT2D eigenvalue weighted by molar-refractivity contribution is 5.96. The Morgan fingerprint density at radius 3 is 3.00 bits per heavy atom. The molecule has 1 aromatic heterocycles. The third-order valence-corrected chi connectivity index (χ3v) is 2.75. The molecule has 102 valence electrons. The molecule has 1 unspecified atom stereocenters. The van der Waals surface area contributed by atoms with E-state index in [1.165, 1.54) is 7.11 Å². The summed E-state index contributed by atoms with van der Waals surface area (Å²) in [6, 6.07) is 7.41. The Hall–Kier alpha value is -1.85. The molecule has 0 aliphatic rings. The molecule has 1 amide bonds. The topological polar surface area (TPSA) is 71.7 Å². The van der Waals surface area contributed by atoms with Gasteiger partial charge < -0.3 is 19.6 Å². The predicted molar refractivity (Wildman–Crippen MR) is 71.2 cm³/mol. The molecule has 1 aromatic carbocycles. The van der Waals surface area contributed by atoms with Crippen molar-refractivity contribution in [3.05, 3.63) is 35.6 Å². The van der Waals surface area contributed by atoms with Gasteiger partial charge in [-0.1, -0.05) is 11.6 Å². The molecule has 2 rings (SSSR count). The van der Waals surface area contributed by atoms with Crippen molar-refractivity contribution in [3.63, 3.8) is 0 Å². The summed E-state index contributed by atoms with van der Waals surface area (Å²) in [5, 5.41) is 12.9. The molecule has 19 heavy (non-hydrogen) atoms. The van der Waals surface area contributed by atoms with Crippen molar-refractivity contribution >= 4 is 16.9 Å². The average molecular weight is 263 g/mol.